The smallest absolute Gasteiger partial charge is 0.416 e. The van der Waals surface area contributed by atoms with Gasteiger partial charge in [0, 0.05) is 18.1 Å². The first-order valence-electron chi connectivity index (χ1n) is 9.97. The highest BCUT2D eigenvalue weighted by molar-refractivity contribution is 9.10. The lowest BCUT2D eigenvalue weighted by Gasteiger charge is -2.18. The van der Waals surface area contributed by atoms with E-state index in [1.165, 1.54) is 12.1 Å². The summed E-state index contributed by atoms with van der Waals surface area (Å²) in [5.74, 6) is -5.32. The summed E-state index contributed by atoms with van der Waals surface area (Å²) in [5.41, 5.74) is 3.57. The molecule has 1 amide bonds. The van der Waals surface area contributed by atoms with Crippen LogP contribution in [0.3, 0.4) is 0 Å². The second kappa shape index (κ2) is 10.7. The van der Waals surface area contributed by atoms with Gasteiger partial charge in [-0.2, -0.15) is 13.2 Å². The van der Waals surface area contributed by atoms with E-state index in [9.17, 15) is 37.0 Å². The molecular formula is C22H18BrF5N2O5. The van der Waals surface area contributed by atoms with E-state index in [-0.39, 0.29) is 34.8 Å². The van der Waals surface area contributed by atoms with Crippen LogP contribution in [0.5, 0.6) is 5.75 Å². The maximum absolute atomic E-state index is 14.3. The van der Waals surface area contributed by atoms with E-state index in [1.807, 2.05) is 0 Å². The van der Waals surface area contributed by atoms with Crippen molar-refractivity contribution in [3.8, 4) is 17.0 Å². The number of oxazole rings is 1. The molecule has 0 saturated carbocycles. The number of carbonyl (C=O) groups is 1. The molecule has 0 bridgehead atoms. The van der Waals surface area contributed by atoms with E-state index >= 15 is 0 Å². The molecular weight excluding hydrogens is 547 g/mol. The minimum atomic E-state index is -4.50. The normalized spacial score (nSPS) is 13.5. The molecule has 0 fully saturated rings. The number of rotatable bonds is 9. The summed E-state index contributed by atoms with van der Waals surface area (Å²) in [7, 11) is 0. The number of halogens is 6. The Labute approximate surface area is 203 Å². The number of nitrogens with zero attached hydrogens (tertiary/aromatic N) is 1. The second-order valence-corrected chi connectivity index (χ2v) is 8.09. The van der Waals surface area contributed by atoms with Crippen molar-refractivity contribution in [2.75, 3.05) is 13.2 Å². The molecule has 2 aromatic carbocycles. The number of benzene rings is 2. The minimum absolute atomic E-state index is 0.0456. The van der Waals surface area contributed by atoms with Crippen molar-refractivity contribution in [3.63, 3.8) is 0 Å². The monoisotopic (exact) mass is 564 g/mol. The SMILES string of the molecule is NC(=O)c1c(F)ccc(OCCC(CO)C(O)c2nc(-c3ccc(C(F)(F)F)cc3)c(Br)o2)c1F. The molecule has 4 N–H and O–H groups in total. The van der Waals surface area contributed by atoms with Gasteiger partial charge >= 0.3 is 6.18 Å². The molecule has 0 saturated heterocycles. The first-order chi connectivity index (χ1) is 16.4. The Bertz CT molecular complexity index is 1200. The predicted molar refractivity (Wildman–Crippen MR) is 115 cm³/mol. The summed E-state index contributed by atoms with van der Waals surface area (Å²) in [6, 6.07) is 5.90. The average Bonchev–Trinajstić information content (AvgIpc) is 3.18. The first-order valence-corrected chi connectivity index (χ1v) is 10.8. The van der Waals surface area contributed by atoms with Gasteiger partial charge in [0.1, 0.15) is 23.2 Å². The zero-order valence-electron chi connectivity index (χ0n) is 17.7. The summed E-state index contributed by atoms with van der Waals surface area (Å²) in [6.45, 7) is -0.810. The van der Waals surface area contributed by atoms with Crippen molar-refractivity contribution in [1.82, 2.24) is 4.98 Å². The van der Waals surface area contributed by atoms with Gasteiger partial charge in [-0.15, -0.1) is 0 Å². The highest BCUT2D eigenvalue weighted by Crippen LogP contribution is 2.35. The molecule has 2 unspecified atom stereocenters. The van der Waals surface area contributed by atoms with Crippen LogP contribution in [-0.2, 0) is 6.18 Å². The van der Waals surface area contributed by atoms with Crippen LogP contribution in [0.15, 0.2) is 45.5 Å². The number of alkyl halides is 3. The van der Waals surface area contributed by atoms with Gasteiger partial charge in [0.25, 0.3) is 5.91 Å². The number of primary amides is 1. The van der Waals surface area contributed by atoms with E-state index < -0.39 is 59.2 Å². The molecule has 1 heterocycles. The van der Waals surface area contributed by atoms with Gasteiger partial charge in [-0.25, -0.2) is 13.8 Å². The topological polar surface area (TPSA) is 119 Å². The van der Waals surface area contributed by atoms with Crippen LogP contribution in [-0.4, -0.2) is 34.3 Å². The summed E-state index contributed by atoms with van der Waals surface area (Å²) >= 11 is 3.11. The Morgan fingerprint density at radius 3 is 2.40 bits per heavy atom. The van der Waals surface area contributed by atoms with Crippen molar-refractivity contribution in [3.05, 3.63) is 69.7 Å². The lowest BCUT2D eigenvalue weighted by Crippen LogP contribution is -2.20. The molecule has 0 radical (unpaired) electrons. The molecule has 0 spiro atoms. The fraction of sp³-hybridized carbons (Fsp3) is 0.273. The molecule has 13 heteroatoms. The Kier molecular flexibility index (Phi) is 8.13. The quantitative estimate of drug-likeness (QED) is 0.326. The molecule has 35 heavy (non-hydrogen) atoms. The van der Waals surface area contributed by atoms with Gasteiger partial charge in [-0.05, 0) is 46.6 Å². The van der Waals surface area contributed by atoms with Crippen molar-refractivity contribution in [1.29, 1.82) is 0 Å². The molecule has 0 aliphatic rings. The third kappa shape index (κ3) is 5.97. The fourth-order valence-electron chi connectivity index (χ4n) is 3.18. The highest BCUT2D eigenvalue weighted by atomic mass is 79.9. The third-order valence-electron chi connectivity index (χ3n) is 5.07. The van der Waals surface area contributed by atoms with Gasteiger partial charge in [-0.3, -0.25) is 4.79 Å². The predicted octanol–water partition coefficient (Wildman–Crippen LogP) is 4.61. The number of amides is 1. The lowest BCUT2D eigenvalue weighted by molar-refractivity contribution is -0.137. The van der Waals surface area contributed by atoms with Crippen LogP contribution in [0.4, 0.5) is 22.0 Å². The van der Waals surface area contributed by atoms with Crippen LogP contribution in [0.25, 0.3) is 11.3 Å². The number of nitrogens with two attached hydrogens (primary N) is 1. The Morgan fingerprint density at radius 2 is 1.83 bits per heavy atom. The van der Waals surface area contributed by atoms with Gasteiger partial charge in [0.15, 0.2) is 16.2 Å². The maximum Gasteiger partial charge on any atom is 0.416 e. The number of aromatic nitrogens is 1. The van der Waals surface area contributed by atoms with E-state index in [4.69, 9.17) is 14.9 Å². The second-order valence-electron chi connectivity index (χ2n) is 7.37. The number of aliphatic hydroxyl groups excluding tert-OH is 2. The number of carbonyl (C=O) groups excluding carboxylic acids is 1. The number of aliphatic hydroxyl groups is 2. The van der Waals surface area contributed by atoms with E-state index in [1.54, 1.807) is 0 Å². The summed E-state index contributed by atoms with van der Waals surface area (Å²) in [4.78, 5) is 15.3. The molecule has 2 atom stereocenters. The molecule has 3 rings (SSSR count). The van der Waals surface area contributed by atoms with Crippen LogP contribution in [0.2, 0.25) is 0 Å². The number of hydrogen-bond acceptors (Lipinski definition) is 6. The number of ether oxygens (including phenoxy) is 1. The first kappa shape index (κ1) is 26.6. The molecule has 188 valence electrons. The minimum Gasteiger partial charge on any atom is -0.490 e. The van der Waals surface area contributed by atoms with Crippen molar-refractivity contribution < 1.29 is 46.1 Å². The molecule has 7 nitrogen and oxygen atoms in total. The van der Waals surface area contributed by atoms with Crippen LogP contribution in [0.1, 0.15) is 34.3 Å². The highest BCUT2D eigenvalue weighted by Gasteiger charge is 2.31. The van der Waals surface area contributed by atoms with Crippen LogP contribution in [0, 0.1) is 17.6 Å². The van der Waals surface area contributed by atoms with E-state index in [2.05, 4.69) is 20.9 Å². The van der Waals surface area contributed by atoms with Gasteiger partial charge in [0.05, 0.1) is 12.2 Å². The van der Waals surface area contributed by atoms with Crippen LogP contribution >= 0.6 is 15.9 Å². The van der Waals surface area contributed by atoms with Crippen molar-refractivity contribution in [2.24, 2.45) is 11.7 Å². The van der Waals surface area contributed by atoms with Crippen molar-refractivity contribution in [2.45, 2.75) is 18.7 Å². The van der Waals surface area contributed by atoms with Gasteiger partial charge < -0.3 is 25.1 Å². The molecule has 0 aliphatic heterocycles. The fourth-order valence-corrected chi connectivity index (χ4v) is 3.66. The Hall–Kier alpha value is -3.03. The largest absolute Gasteiger partial charge is 0.490 e. The summed E-state index contributed by atoms with van der Waals surface area (Å²) in [6.07, 6.45) is -6.01. The number of hydrogen-bond donors (Lipinski definition) is 3. The third-order valence-corrected chi connectivity index (χ3v) is 5.61. The summed E-state index contributed by atoms with van der Waals surface area (Å²) < 4.78 is 76.8. The summed E-state index contributed by atoms with van der Waals surface area (Å²) in [5, 5.41) is 20.3. The zero-order valence-corrected chi connectivity index (χ0v) is 19.2. The molecule has 0 aliphatic carbocycles. The molecule has 1 aromatic heterocycles. The Balaban J connectivity index is 1.70. The maximum atomic E-state index is 14.3. The van der Waals surface area contributed by atoms with Gasteiger partial charge in [-0.1, -0.05) is 12.1 Å². The standard InChI is InChI=1S/C22H18BrF5N2O5/c23-19-17(10-1-3-12(4-2-10)22(26,27)28)30-21(35-19)18(32)11(9-31)7-8-34-14-6-5-13(24)15(16(14)25)20(29)33/h1-6,11,18,31-32H,7-9H2,(H2,29,33). The average molecular weight is 565 g/mol. The van der Waals surface area contributed by atoms with Gasteiger partial charge in [0.2, 0.25) is 5.89 Å². The van der Waals surface area contributed by atoms with E-state index in [0.717, 1.165) is 24.3 Å². The zero-order chi connectivity index (χ0) is 25.9. The van der Waals surface area contributed by atoms with Crippen molar-refractivity contribution >= 4 is 21.8 Å². The molecule has 3 aromatic rings. The Morgan fingerprint density at radius 1 is 1.17 bits per heavy atom. The van der Waals surface area contributed by atoms with E-state index in [0.29, 0.717) is 0 Å². The lowest BCUT2D eigenvalue weighted by atomic mass is 10.00. The van der Waals surface area contributed by atoms with Crippen LogP contribution < -0.4 is 10.5 Å².